The van der Waals surface area contributed by atoms with Gasteiger partial charge in [-0.3, -0.25) is 4.79 Å². The Kier molecular flexibility index (Phi) is 3.55. The molecule has 0 radical (unpaired) electrons. The van der Waals surface area contributed by atoms with Crippen LogP contribution in [0.1, 0.15) is 54.6 Å². The van der Waals surface area contributed by atoms with Crippen LogP contribution in [-0.2, 0) is 0 Å². The van der Waals surface area contributed by atoms with Crippen LogP contribution in [-0.4, -0.2) is 22.1 Å². The van der Waals surface area contributed by atoms with Gasteiger partial charge < -0.3 is 9.84 Å². The predicted molar refractivity (Wildman–Crippen MR) is 98.9 cm³/mol. The number of fused-ring (bicyclic) bond motifs is 1. The van der Waals surface area contributed by atoms with Crippen molar-refractivity contribution < 1.29 is 9.32 Å². The molecule has 5 heteroatoms. The van der Waals surface area contributed by atoms with Crippen LogP contribution in [0, 0.1) is 5.92 Å². The van der Waals surface area contributed by atoms with Crippen molar-refractivity contribution in [3.63, 3.8) is 0 Å². The summed E-state index contributed by atoms with van der Waals surface area (Å²) in [6.07, 6.45) is 4.64. The summed E-state index contributed by atoms with van der Waals surface area (Å²) >= 11 is 0. The van der Waals surface area contributed by atoms with E-state index in [4.69, 9.17) is 4.52 Å². The normalized spacial score (nSPS) is 18.0. The number of nitrogens with one attached hydrogen (secondary N) is 1. The van der Waals surface area contributed by atoms with E-state index in [1.807, 2.05) is 36.4 Å². The molecule has 2 aliphatic rings. The summed E-state index contributed by atoms with van der Waals surface area (Å²) in [5.74, 6) is 0.992. The molecule has 0 saturated heterocycles. The molecule has 2 aromatic heterocycles. The number of rotatable bonds is 5. The monoisotopic (exact) mass is 347 g/mol. The van der Waals surface area contributed by atoms with E-state index >= 15 is 0 Å². The van der Waals surface area contributed by atoms with E-state index in [1.165, 1.54) is 12.8 Å². The molecule has 2 saturated carbocycles. The van der Waals surface area contributed by atoms with Gasteiger partial charge in [0.2, 0.25) is 0 Å². The van der Waals surface area contributed by atoms with Gasteiger partial charge in [-0.15, -0.1) is 0 Å². The van der Waals surface area contributed by atoms with Crippen LogP contribution in [0.4, 0.5) is 0 Å². The standard InChI is InChI=1S/C21H21N3O2/c1-12(13-7-8-13)22-20(25)16-11-17(14-9-10-14)23-21-18(16)19(24-26-21)15-5-3-2-4-6-15/h2-6,11-14H,7-10H2,1H3,(H,22,25)/t12-/m1/s1. The third kappa shape index (κ3) is 2.77. The van der Waals surface area contributed by atoms with Crippen LogP contribution in [0.3, 0.4) is 0 Å². The zero-order chi connectivity index (χ0) is 17.7. The van der Waals surface area contributed by atoms with E-state index in [0.29, 0.717) is 34.2 Å². The second-order valence-corrected chi connectivity index (χ2v) is 7.55. The highest BCUT2D eigenvalue weighted by molar-refractivity contribution is 6.09. The number of amides is 1. The van der Waals surface area contributed by atoms with Crippen molar-refractivity contribution in [2.75, 3.05) is 0 Å². The average Bonchev–Trinajstić information content (AvgIpc) is 3.57. The largest absolute Gasteiger partial charge is 0.349 e. The molecule has 0 spiro atoms. The highest BCUT2D eigenvalue weighted by Gasteiger charge is 2.32. The highest BCUT2D eigenvalue weighted by atomic mass is 16.5. The van der Waals surface area contributed by atoms with Crippen molar-refractivity contribution in [3.8, 4) is 11.3 Å². The Labute approximate surface area is 151 Å². The summed E-state index contributed by atoms with van der Waals surface area (Å²) in [6, 6.07) is 11.9. The van der Waals surface area contributed by atoms with E-state index < -0.39 is 0 Å². The van der Waals surface area contributed by atoms with Crippen LogP contribution < -0.4 is 5.32 Å². The number of hydrogen-bond acceptors (Lipinski definition) is 4. The van der Waals surface area contributed by atoms with Gasteiger partial charge in [-0.2, -0.15) is 0 Å². The molecule has 2 heterocycles. The molecule has 1 atom stereocenters. The Hall–Kier alpha value is -2.69. The third-order valence-electron chi connectivity index (χ3n) is 5.44. The first kappa shape index (κ1) is 15.6. The van der Waals surface area contributed by atoms with E-state index in [-0.39, 0.29) is 11.9 Å². The number of pyridine rings is 1. The highest BCUT2D eigenvalue weighted by Crippen LogP contribution is 2.41. The molecule has 1 amide bonds. The lowest BCUT2D eigenvalue weighted by Crippen LogP contribution is -2.34. The second kappa shape index (κ2) is 5.94. The topological polar surface area (TPSA) is 68.0 Å². The lowest BCUT2D eigenvalue weighted by Gasteiger charge is -2.14. The van der Waals surface area contributed by atoms with Crippen molar-refractivity contribution in [2.45, 2.75) is 44.6 Å². The Morgan fingerprint density at radius 1 is 1.19 bits per heavy atom. The van der Waals surface area contributed by atoms with Crippen molar-refractivity contribution >= 4 is 17.0 Å². The van der Waals surface area contributed by atoms with Crippen molar-refractivity contribution in [1.82, 2.24) is 15.5 Å². The minimum absolute atomic E-state index is 0.0564. The SMILES string of the molecule is C[C@@H](NC(=O)c1cc(C2CC2)nc2onc(-c3ccccc3)c12)C1CC1. The summed E-state index contributed by atoms with van der Waals surface area (Å²) in [6.45, 7) is 2.08. The molecule has 1 aromatic carbocycles. The number of carbonyl (C=O) groups is 1. The fraction of sp³-hybridized carbons (Fsp3) is 0.381. The summed E-state index contributed by atoms with van der Waals surface area (Å²) in [4.78, 5) is 17.7. The maximum atomic E-state index is 13.1. The average molecular weight is 347 g/mol. The van der Waals surface area contributed by atoms with E-state index in [1.54, 1.807) is 0 Å². The summed E-state index contributed by atoms with van der Waals surface area (Å²) < 4.78 is 5.54. The maximum Gasteiger partial charge on any atom is 0.259 e. The fourth-order valence-electron chi connectivity index (χ4n) is 3.53. The Balaban J connectivity index is 1.63. The number of nitrogens with zero attached hydrogens (tertiary/aromatic N) is 2. The van der Waals surface area contributed by atoms with Gasteiger partial charge in [-0.05, 0) is 44.6 Å². The molecule has 0 unspecified atom stereocenters. The zero-order valence-corrected chi connectivity index (χ0v) is 14.7. The molecular weight excluding hydrogens is 326 g/mol. The summed E-state index contributed by atoms with van der Waals surface area (Å²) in [5, 5.41) is 8.12. The van der Waals surface area contributed by atoms with Crippen molar-refractivity contribution in [1.29, 1.82) is 0 Å². The zero-order valence-electron chi connectivity index (χ0n) is 14.7. The van der Waals surface area contributed by atoms with Crippen LogP contribution in [0.25, 0.3) is 22.4 Å². The molecule has 0 bridgehead atoms. The van der Waals surface area contributed by atoms with Gasteiger partial charge >= 0.3 is 0 Å². The Morgan fingerprint density at radius 2 is 1.96 bits per heavy atom. The molecule has 5 nitrogen and oxygen atoms in total. The Morgan fingerprint density at radius 3 is 2.65 bits per heavy atom. The van der Waals surface area contributed by atoms with Gasteiger partial charge in [0.25, 0.3) is 11.6 Å². The smallest absolute Gasteiger partial charge is 0.259 e. The first-order valence-corrected chi connectivity index (χ1v) is 9.37. The van der Waals surface area contributed by atoms with Gasteiger partial charge in [0.05, 0.1) is 10.9 Å². The number of benzene rings is 1. The lowest BCUT2D eigenvalue weighted by atomic mass is 10.0. The van der Waals surface area contributed by atoms with Crippen LogP contribution in [0.2, 0.25) is 0 Å². The maximum absolute atomic E-state index is 13.1. The van der Waals surface area contributed by atoms with Crippen molar-refractivity contribution in [2.24, 2.45) is 5.92 Å². The first-order chi connectivity index (χ1) is 12.7. The summed E-state index contributed by atoms with van der Waals surface area (Å²) in [7, 11) is 0. The van der Waals surface area contributed by atoms with Crippen LogP contribution >= 0.6 is 0 Å². The first-order valence-electron chi connectivity index (χ1n) is 9.37. The van der Waals surface area contributed by atoms with Crippen LogP contribution in [0.5, 0.6) is 0 Å². The lowest BCUT2D eigenvalue weighted by molar-refractivity contribution is 0.0937. The van der Waals surface area contributed by atoms with E-state index in [2.05, 4.69) is 22.4 Å². The fourth-order valence-corrected chi connectivity index (χ4v) is 3.53. The van der Waals surface area contributed by atoms with Gasteiger partial charge in [-0.25, -0.2) is 4.98 Å². The van der Waals surface area contributed by atoms with E-state index in [9.17, 15) is 4.79 Å². The van der Waals surface area contributed by atoms with Crippen molar-refractivity contribution in [3.05, 3.63) is 47.7 Å². The predicted octanol–water partition coefficient (Wildman–Crippen LogP) is 4.30. The van der Waals surface area contributed by atoms with Gasteiger partial charge in [0.1, 0.15) is 5.69 Å². The van der Waals surface area contributed by atoms with Gasteiger partial charge in [0, 0.05) is 23.2 Å². The molecule has 1 N–H and O–H groups in total. The minimum Gasteiger partial charge on any atom is -0.349 e. The number of carbonyl (C=O) groups excluding carboxylic acids is 1. The molecule has 132 valence electrons. The Bertz CT molecular complexity index is 972. The van der Waals surface area contributed by atoms with E-state index in [0.717, 1.165) is 24.1 Å². The second-order valence-electron chi connectivity index (χ2n) is 7.55. The van der Waals surface area contributed by atoms with Gasteiger partial charge in [-0.1, -0.05) is 35.5 Å². The molecule has 2 fully saturated rings. The van der Waals surface area contributed by atoms with Gasteiger partial charge in [0.15, 0.2) is 0 Å². The molecule has 26 heavy (non-hydrogen) atoms. The summed E-state index contributed by atoms with van der Waals surface area (Å²) in [5.41, 5.74) is 3.63. The third-order valence-corrected chi connectivity index (χ3v) is 5.44. The molecular formula is C21H21N3O2. The number of aromatic nitrogens is 2. The molecule has 0 aliphatic heterocycles. The minimum atomic E-state index is -0.0564. The molecule has 3 aromatic rings. The number of hydrogen-bond donors (Lipinski definition) is 1. The quantitative estimate of drug-likeness (QED) is 0.747. The molecule has 5 rings (SSSR count). The molecule has 2 aliphatic carbocycles. The van der Waals surface area contributed by atoms with Crippen LogP contribution in [0.15, 0.2) is 40.9 Å².